The van der Waals surface area contributed by atoms with E-state index in [1.165, 1.54) is 37.0 Å². The molecule has 2 rings (SSSR count). The van der Waals surface area contributed by atoms with Crippen molar-refractivity contribution in [2.45, 2.75) is 271 Å². The van der Waals surface area contributed by atoms with Crippen molar-refractivity contribution in [1.82, 2.24) is 9.80 Å². The molecule has 16 nitrogen and oxygen atoms in total. The van der Waals surface area contributed by atoms with Gasteiger partial charge in [0.1, 0.15) is 19.8 Å². The van der Waals surface area contributed by atoms with Crippen molar-refractivity contribution in [2.75, 3.05) is 65.9 Å². The van der Waals surface area contributed by atoms with E-state index in [9.17, 15) is 33.6 Å². The van der Waals surface area contributed by atoms with Gasteiger partial charge in [0.15, 0.2) is 0 Å². The van der Waals surface area contributed by atoms with Crippen LogP contribution >= 0.6 is 0 Å². The zero-order valence-corrected chi connectivity index (χ0v) is 48.9. The monoisotopic (exact) mass is 1090 g/mol. The van der Waals surface area contributed by atoms with E-state index >= 15 is 0 Å². The first-order valence-electron chi connectivity index (χ1n) is 31.1. The van der Waals surface area contributed by atoms with Crippen LogP contribution in [0.15, 0.2) is 0 Å². The van der Waals surface area contributed by atoms with Crippen molar-refractivity contribution in [3.63, 3.8) is 0 Å². The molecule has 0 aromatic rings. The van der Waals surface area contributed by atoms with Gasteiger partial charge in [-0.25, -0.2) is 4.79 Å². The largest absolute Gasteiger partial charge is 0.465 e. The Balaban J connectivity index is 2.14. The summed E-state index contributed by atoms with van der Waals surface area (Å²) in [5, 5.41) is 0. The predicted octanol–water partition coefficient (Wildman–Crippen LogP) is 13.1. The fraction of sp³-hybridized carbons (Fsp3) is 0.885. The van der Waals surface area contributed by atoms with E-state index in [0.717, 1.165) is 154 Å². The Morgan fingerprint density at radius 3 is 1.04 bits per heavy atom. The van der Waals surface area contributed by atoms with Gasteiger partial charge in [0.25, 0.3) is 0 Å². The highest BCUT2D eigenvalue weighted by Gasteiger charge is 2.37. The average Bonchev–Trinajstić information content (AvgIpc) is 3.43. The van der Waals surface area contributed by atoms with Crippen molar-refractivity contribution in [2.24, 2.45) is 11.8 Å². The molecule has 2 fully saturated rings. The molecule has 0 N–H and O–H groups in total. The maximum Gasteiger partial charge on any atom is 0.410 e. The summed E-state index contributed by atoms with van der Waals surface area (Å²) in [5.74, 6) is -3.88. The van der Waals surface area contributed by atoms with Gasteiger partial charge in [0.05, 0.1) is 51.4 Å². The third-order valence-electron chi connectivity index (χ3n) is 14.8. The lowest BCUT2D eigenvalue weighted by atomic mass is 9.96. The zero-order valence-electron chi connectivity index (χ0n) is 48.9. The fourth-order valence-electron chi connectivity index (χ4n) is 9.94. The standard InChI is InChI=1S/C61H108N2O14/c1-5-9-13-17-21-26-35-55(64)72-45-51(46-73-56(65)36-27-22-18-14-10-6-2)43-59(68)76-49-53-33-32-34-54(63(53)61(70)71-42-41-62-39-30-25-31-40-62)50-77-60(69)44-52(47-74-57(66)37-28-23-19-15-11-7-3)48-75-58(67)38-29-24-20-16-12-8-4/h51-54H,5-50H2,1-4H3/t53-,54-/m0/s1. The van der Waals surface area contributed by atoms with E-state index in [1.54, 1.807) is 0 Å². The van der Waals surface area contributed by atoms with Crippen LogP contribution < -0.4 is 0 Å². The van der Waals surface area contributed by atoms with Crippen LogP contribution in [0.1, 0.15) is 259 Å². The van der Waals surface area contributed by atoms with Crippen LogP contribution in [0.5, 0.6) is 0 Å². The Bertz CT molecular complexity index is 1410. The number of nitrogens with zero attached hydrogens (tertiary/aromatic N) is 2. The van der Waals surface area contributed by atoms with Crippen molar-refractivity contribution in [3.8, 4) is 0 Å². The van der Waals surface area contributed by atoms with Crippen LogP contribution in [0.2, 0.25) is 0 Å². The molecule has 0 aromatic carbocycles. The van der Waals surface area contributed by atoms with E-state index < -0.39 is 42.0 Å². The lowest BCUT2D eigenvalue weighted by Gasteiger charge is -2.40. The number of hydrogen-bond donors (Lipinski definition) is 0. The van der Waals surface area contributed by atoms with Gasteiger partial charge < -0.3 is 33.2 Å². The SMILES string of the molecule is CCCCCCCCC(=O)OCC(COC(=O)CCCCCCCC)CC(=O)OC[C@@H]1CCC[C@@H](COC(=O)CC(COC(=O)CCCCCCCC)COC(=O)CCCCCCCC)N1C(=O)OCCN1CCCCC1. The highest BCUT2D eigenvalue weighted by Crippen LogP contribution is 2.26. The molecular formula is C61H108N2O14. The van der Waals surface area contributed by atoms with Crippen LogP contribution in [0.3, 0.4) is 0 Å². The number of ether oxygens (including phenoxy) is 7. The first-order valence-corrected chi connectivity index (χ1v) is 31.1. The number of carbonyl (C=O) groups excluding carboxylic acids is 7. The number of carbonyl (C=O) groups is 7. The van der Waals surface area contributed by atoms with Crippen molar-refractivity contribution in [3.05, 3.63) is 0 Å². The second kappa shape index (κ2) is 46.9. The molecule has 1 amide bonds. The van der Waals surface area contributed by atoms with Crippen molar-refractivity contribution >= 4 is 41.9 Å². The van der Waals surface area contributed by atoms with Crippen molar-refractivity contribution in [1.29, 1.82) is 0 Å². The number of amides is 1. The van der Waals surface area contributed by atoms with Gasteiger partial charge in [-0.15, -0.1) is 0 Å². The van der Waals surface area contributed by atoms with Crippen molar-refractivity contribution < 1.29 is 66.7 Å². The van der Waals surface area contributed by atoms with Crippen LogP contribution in [-0.2, 0) is 61.9 Å². The van der Waals surface area contributed by atoms with Gasteiger partial charge in [-0.3, -0.25) is 38.6 Å². The molecule has 77 heavy (non-hydrogen) atoms. The molecule has 0 unspecified atom stereocenters. The van der Waals surface area contributed by atoms with Gasteiger partial charge in [-0.2, -0.15) is 0 Å². The molecule has 2 aliphatic rings. The van der Waals surface area contributed by atoms with Gasteiger partial charge >= 0.3 is 41.9 Å². The number of hydrogen-bond acceptors (Lipinski definition) is 15. The maximum atomic E-state index is 14.1. The summed E-state index contributed by atoms with van der Waals surface area (Å²) in [7, 11) is 0. The highest BCUT2D eigenvalue weighted by atomic mass is 16.6. The third-order valence-corrected chi connectivity index (χ3v) is 14.8. The highest BCUT2D eigenvalue weighted by molar-refractivity contribution is 5.73. The number of rotatable bonds is 47. The van der Waals surface area contributed by atoms with Gasteiger partial charge in [0.2, 0.25) is 0 Å². The van der Waals surface area contributed by atoms with Crippen LogP contribution in [-0.4, -0.2) is 130 Å². The Kier molecular flexibility index (Phi) is 42.1. The second-order valence-electron chi connectivity index (χ2n) is 22.0. The molecule has 2 aliphatic heterocycles. The molecule has 0 bridgehead atoms. The predicted molar refractivity (Wildman–Crippen MR) is 299 cm³/mol. The summed E-state index contributed by atoms with van der Waals surface area (Å²) >= 11 is 0. The van der Waals surface area contributed by atoms with Crippen LogP contribution in [0.4, 0.5) is 4.79 Å². The summed E-state index contributed by atoms with van der Waals surface area (Å²) in [5.41, 5.74) is 0. The molecule has 0 aliphatic carbocycles. The van der Waals surface area contributed by atoms with Gasteiger partial charge in [0, 0.05) is 44.1 Å². The van der Waals surface area contributed by atoms with E-state index in [-0.39, 0.29) is 109 Å². The minimum Gasteiger partial charge on any atom is -0.465 e. The normalized spacial score (nSPS) is 15.8. The summed E-state index contributed by atoms with van der Waals surface area (Å²) in [6.07, 6.45) is 29.8. The van der Waals surface area contributed by atoms with Crippen LogP contribution in [0, 0.1) is 11.8 Å². The van der Waals surface area contributed by atoms with E-state index in [0.29, 0.717) is 25.8 Å². The number of esters is 6. The Morgan fingerprint density at radius 2 is 0.701 bits per heavy atom. The summed E-state index contributed by atoms with van der Waals surface area (Å²) in [6, 6.07) is -1.18. The van der Waals surface area contributed by atoms with E-state index in [2.05, 4.69) is 32.6 Å². The number of likely N-dealkylation sites (tertiary alicyclic amines) is 2. The van der Waals surface area contributed by atoms with Gasteiger partial charge in [-0.05, 0) is 70.9 Å². The molecular weight excluding hydrogens is 985 g/mol. The number of piperidine rings is 2. The first-order chi connectivity index (χ1) is 37.5. The summed E-state index contributed by atoms with van der Waals surface area (Å²) < 4.78 is 40.1. The molecule has 0 aromatic heterocycles. The zero-order chi connectivity index (χ0) is 56.0. The topological polar surface area (TPSA) is 191 Å². The van der Waals surface area contributed by atoms with Gasteiger partial charge in [-0.1, -0.05) is 163 Å². The molecule has 446 valence electrons. The summed E-state index contributed by atoms with van der Waals surface area (Å²) in [6.45, 7) is 10.5. The molecule has 0 spiro atoms. The lowest BCUT2D eigenvalue weighted by Crippen LogP contribution is -2.54. The molecule has 2 heterocycles. The van der Waals surface area contributed by atoms with E-state index in [1.807, 2.05) is 0 Å². The molecule has 0 saturated carbocycles. The quantitative estimate of drug-likeness (QED) is 0.0317. The molecule has 2 atom stereocenters. The Morgan fingerprint density at radius 1 is 0.377 bits per heavy atom. The first kappa shape index (κ1) is 69.2. The molecule has 2 saturated heterocycles. The lowest BCUT2D eigenvalue weighted by molar-refractivity contribution is -0.157. The average molecular weight is 1090 g/mol. The maximum absolute atomic E-state index is 14.1. The van der Waals surface area contributed by atoms with E-state index in [4.69, 9.17) is 33.2 Å². The summed E-state index contributed by atoms with van der Waals surface area (Å²) in [4.78, 5) is 96.1. The molecule has 16 heteroatoms. The Labute approximate surface area is 465 Å². The Hall–Kier alpha value is -3.95. The molecule has 0 radical (unpaired) electrons. The fourth-order valence-corrected chi connectivity index (χ4v) is 9.94. The third kappa shape index (κ3) is 36.8. The minimum atomic E-state index is -0.629. The van der Waals surface area contributed by atoms with Crippen LogP contribution in [0.25, 0.3) is 0 Å². The minimum absolute atomic E-state index is 0.107. The smallest absolute Gasteiger partial charge is 0.410 e. The second-order valence-corrected chi connectivity index (χ2v) is 22.0. The number of unbranched alkanes of at least 4 members (excludes halogenated alkanes) is 20.